The van der Waals surface area contributed by atoms with E-state index in [4.69, 9.17) is 4.74 Å². The van der Waals surface area contributed by atoms with Crippen molar-refractivity contribution >= 4 is 17.4 Å². The molecular formula is C16H20N6O2. The SMILES string of the molecule is COCCCNC(=O)c1nc(C2CC2)cnc1Nc1cncnc1. The summed E-state index contributed by atoms with van der Waals surface area (Å²) in [5.41, 5.74) is 1.81. The van der Waals surface area contributed by atoms with Crippen molar-refractivity contribution in [1.29, 1.82) is 0 Å². The zero-order valence-electron chi connectivity index (χ0n) is 13.5. The highest BCUT2D eigenvalue weighted by atomic mass is 16.5. The molecule has 2 aromatic rings. The maximum absolute atomic E-state index is 12.5. The Morgan fingerprint density at radius 3 is 2.79 bits per heavy atom. The second-order valence-electron chi connectivity index (χ2n) is 5.62. The zero-order valence-corrected chi connectivity index (χ0v) is 13.5. The number of nitrogens with one attached hydrogen (secondary N) is 2. The summed E-state index contributed by atoms with van der Waals surface area (Å²) >= 11 is 0. The Morgan fingerprint density at radius 2 is 2.08 bits per heavy atom. The van der Waals surface area contributed by atoms with Crippen LogP contribution in [0.15, 0.2) is 24.9 Å². The predicted octanol–water partition coefficient (Wildman–Crippen LogP) is 1.65. The molecule has 1 saturated carbocycles. The monoisotopic (exact) mass is 328 g/mol. The van der Waals surface area contributed by atoms with Gasteiger partial charge in [0, 0.05) is 26.2 Å². The van der Waals surface area contributed by atoms with E-state index in [1.54, 1.807) is 25.7 Å². The molecule has 1 amide bonds. The number of ether oxygens (including phenoxy) is 1. The molecule has 3 rings (SSSR count). The summed E-state index contributed by atoms with van der Waals surface area (Å²) in [6.07, 6.45) is 9.34. The van der Waals surface area contributed by atoms with Gasteiger partial charge in [-0.05, 0) is 19.3 Å². The summed E-state index contributed by atoms with van der Waals surface area (Å²) < 4.78 is 4.99. The van der Waals surface area contributed by atoms with Gasteiger partial charge in [-0.3, -0.25) is 4.79 Å². The van der Waals surface area contributed by atoms with Gasteiger partial charge in [-0.25, -0.2) is 19.9 Å². The molecule has 0 saturated heterocycles. The molecule has 1 aliphatic rings. The van der Waals surface area contributed by atoms with Gasteiger partial charge in [0.1, 0.15) is 6.33 Å². The van der Waals surface area contributed by atoms with Gasteiger partial charge in [0.05, 0.1) is 30.0 Å². The molecule has 0 spiro atoms. The Hall–Kier alpha value is -2.61. The van der Waals surface area contributed by atoms with Gasteiger partial charge in [-0.2, -0.15) is 0 Å². The third-order valence-electron chi connectivity index (χ3n) is 3.64. The Morgan fingerprint density at radius 1 is 1.29 bits per heavy atom. The molecule has 0 unspecified atom stereocenters. The fourth-order valence-corrected chi connectivity index (χ4v) is 2.23. The first-order chi connectivity index (χ1) is 11.8. The van der Waals surface area contributed by atoms with Crippen molar-refractivity contribution < 1.29 is 9.53 Å². The average Bonchev–Trinajstić information content (AvgIpc) is 3.45. The van der Waals surface area contributed by atoms with Crippen molar-refractivity contribution in [3.63, 3.8) is 0 Å². The molecule has 0 radical (unpaired) electrons. The van der Waals surface area contributed by atoms with Gasteiger partial charge in [0.2, 0.25) is 0 Å². The van der Waals surface area contributed by atoms with E-state index in [9.17, 15) is 4.79 Å². The first-order valence-corrected chi connectivity index (χ1v) is 7.94. The van der Waals surface area contributed by atoms with Crippen LogP contribution < -0.4 is 10.6 Å². The van der Waals surface area contributed by atoms with Crippen molar-refractivity contribution in [2.45, 2.75) is 25.2 Å². The molecule has 2 heterocycles. The summed E-state index contributed by atoms with van der Waals surface area (Å²) in [5, 5.41) is 5.91. The van der Waals surface area contributed by atoms with Gasteiger partial charge in [0.25, 0.3) is 5.91 Å². The number of carbonyl (C=O) groups is 1. The smallest absolute Gasteiger partial charge is 0.273 e. The summed E-state index contributed by atoms with van der Waals surface area (Å²) in [4.78, 5) is 29.3. The van der Waals surface area contributed by atoms with Crippen LogP contribution in [-0.4, -0.2) is 46.1 Å². The second-order valence-corrected chi connectivity index (χ2v) is 5.62. The Balaban J connectivity index is 1.77. The van der Waals surface area contributed by atoms with Crippen LogP contribution in [0, 0.1) is 0 Å². The fourth-order valence-electron chi connectivity index (χ4n) is 2.23. The lowest BCUT2D eigenvalue weighted by Gasteiger charge is -2.11. The maximum Gasteiger partial charge on any atom is 0.273 e. The Bertz CT molecular complexity index is 690. The molecule has 0 atom stereocenters. The van der Waals surface area contributed by atoms with E-state index in [0.29, 0.717) is 36.3 Å². The molecule has 1 fully saturated rings. The lowest BCUT2D eigenvalue weighted by molar-refractivity contribution is 0.0944. The minimum Gasteiger partial charge on any atom is -0.385 e. The lowest BCUT2D eigenvalue weighted by Crippen LogP contribution is -2.27. The van der Waals surface area contributed by atoms with Gasteiger partial charge >= 0.3 is 0 Å². The number of anilines is 2. The van der Waals surface area contributed by atoms with E-state index in [0.717, 1.165) is 25.0 Å². The molecular weight excluding hydrogens is 308 g/mol. The largest absolute Gasteiger partial charge is 0.385 e. The van der Waals surface area contributed by atoms with Crippen LogP contribution in [0.25, 0.3) is 0 Å². The quantitative estimate of drug-likeness (QED) is 0.710. The molecule has 0 aromatic carbocycles. The molecule has 8 heteroatoms. The van der Waals surface area contributed by atoms with Crippen molar-refractivity contribution in [2.24, 2.45) is 0 Å². The van der Waals surface area contributed by atoms with Gasteiger partial charge in [-0.1, -0.05) is 0 Å². The molecule has 24 heavy (non-hydrogen) atoms. The third kappa shape index (κ3) is 4.23. The van der Waals surface area contributed by atoms with E-state index < -0.39 is 0 Å². The number of nitrogens with zero attached hydrogens (tertiary/aromatic N) is 4. The van der Waals surface area contributed by atoms with Crippen molar-refractivity contribution in [1.82, 2.24) is 25.3 Å². The molecule has 1 aliphatic carbocycles. The number of aromatic nitrogens is 4. The topological polar surface area (TPSA) is 102 Å². The second kappa shape index (κ2) is 7.78. The normalized spacial score (nSPS) is 13.5. The summed E-state index contributed by atoms with van der Waals surface area (Å²) in [6, 6.07) is 0. The molecule has 8 nitrogen and oxygen atoms in total. The van der Waals surface area contributed by atoms with Crippen molar-refractivity contribution in [3.8, 4) is 0 Å². The van der Waals surface area contributed by atoms with Crippen molar-refractivity contribution in [3.05, 3.63) is 36.3 Å². The lowest BCUT2D eigenvalue weighted by atomic mass is 10.2. The van der Waals surface area contributed by atoms with E-state index >= 15 is 0 Å². The average molecular weight is 328 g/mol. The summed E-state index contributed by atoms with van der Waals surface area (Å²) in [6.45, 7) is 1.12. The number of hydrogen-bond donors (Lipinski definition) is 2. The van der Waals surface area contributed by atoms with E-state index in [1.807, 2.05) is 0 Å². The number of hydrogen-bond acceptors (Lipinski definition) is 7. The molecule has 0 bridgehead atoms. The highest BCUT2D eigenvalue weighted by Gasteiger charge is 2.27. The molecule has 2 aromatic heterocycles. The number of carbonyl (C=O) groups excluding carboxylic acids is 1. The van der Waals surface area contributed by atoms with Crippen LogP contribution in [0.2, 0.25) is 0 Å². The van der Waals surface area contributed by atoms with E-state index in [2.05, 4.69) is 30.6 Å². The molecule has 0 aliphatic heterocycles. The molecule has 126 valence electrons. The standard InChI is InChI=1S/C16H20N6O2/c1-24-6-2-5-19-16(23)14-15(21-12-7-17-10-18-8-12)20-9-13(22-14)11-3-4-11/h7-11H,2-6H2,1H3,(H,19,23)(H,20,21). The van der Waals surface area contributed by atoms with Crippen LogP contribution in [0.3, 0.4) is 0 Å². The number of amides is 1. The predicted molar refractivity (Wildman–Crippen MR) is 88.1 cm³/mol. The van der Waals surface area contributed by atoms with Gasteiger partial charge < -0.3 is 15.4 Å². The van der Waals surface area contributed by atoms with Gasteiger partial charge in [-0.15, -0.1) is 0 Å². The number of rotatable bonds is 8. The Labute approximate surface area is 140 Å². The summed E-state index contributed by atoms with van der Waals surface area (Å²) in [7, 11) is 1.64. The van der Waals surface area contributed by atoms with E-state index in [1.165, 1.54) is 6.33 Å². The Kier molecular flexibility index (Phi) is 5.27. The third-order valence-corrected chi connectivity index (χ3v) is 3.64. The highest BCUT2D eigenvalue weighted by Crippen LogP contribution is 2.39. The minimum absolute atomic E-state index is 0.250. The van der Waals surface area contributed by atoms with Crippen LogP contribution in [0.5, 0.6) is 0 Å². The highest BCUT2D eigenvalue weighted by molar-refractivity contribution is 5.97. The summed E-state index contributed by atoms with van der Waals surface area (Å²) in [5.74, 6) is 0.575. The van der Waals surface area contributed by atoms with Crippen LogP contribution >= 0.6 is 0 Å². The van der Waals surface area contributed by atoms with Crippen LogP contribution in [0.4, 0.5) is 11.5 Å². The van der Waals surface area contributed by atoms with Gasteiger partial charge in [0.15, 0.2) is 11.5 Å². The minimum atomic E-state index is -0.250. The zero-order chi connectivity index (χ0) is 16.8. The van der Waals surface area contributed by atoms with Crippen LogP contribution in [0.1, 0.15) is 41.4 Å². The maximum atomic E-state index is 12.5. The van der Waals surface area contributed by atoms with Crippen molar-refractivity contribution in [2.75, 3.05) is 25.6 Å². The molecule has 2 N–H and O–H groups in total. The van der Waals surface area contributed by atoms with Crippen LogP contribution in [-0.2, 0) is 4.74 Å². The number of methoxy groups -OCH3 is 1. The van der Waals surface area contributed by atoms with E-state index in [-0.39, 0.29) is 5.91 Å². The first kappa shape index (κ1) is 16.3. The fraction of sp³-hybridized carbons (Fsp3) is 0.438. The first-order valence-electron chi connectivity index (χ1n) is 7.94.